The highest BCUT2D eigenvalue weighted by molar-refractivity contribution is 5.87. The van der Waals surface area contributed by atoms with Crippen molar-refractivity contribution in [2.75, 3.05) is 6.54 Å². The fourth-order valence-corrected chi connectivity index (χ4v) is 3.07. The molecule has 0 aromatic heterocycles. The van der Waals surface area contributed by atoms with Gasteiger partial charge in [0.2, 0.25) is 5.91 Å². The number of halogens is 4. The van der Waals surface area contributed by atoms with Gasteiger partial charge in [0.25, 0.3) is 0 Å². The predicted octanol–water partition coefficient (Wildman–Crippen LogP) is 3.65. The van der Waals surface area contributed by atoms with Crippen LogP contribution in [0.25, 0.3) is 0 Å². The zero-order valence-electron chi connectivity index (χ0n) is 13.8. The number of nitrogens with one attached hydrogen (secondary N) is 1. The van der Waals surface area contributed by atoms with Gasteiger partial charge in [-0.2, -0.15) is 13.2 Å². The van der Waals surface area contributed by atoms with Crippen molar-refractivity contribution in [3.8, 4) is 0 Å². The molecule has 1 aliphatic carbocycles. The Morgan fingerprint density at radius 2 is 1.88 bits per heavy atom. The Labute approximate surface area is 146 Å². The van der Waals surface area contributed by atoms with Gasteiger partial charge < -0.3 is 11.1 Å². The zero-order chi connectivity index (χ0) is 17.3. The van der Waals surface area contributed by atoms with Crippen LogP contribution in [-0.2, 0) is 16.4 Å². The van der Waals surface area contributed by atoms with Crippen LogP contribution in [0.1, 0.15) is 44.2 Å². The minimum atomic E-state index is -4.42. The molecule has 1 aliphatic rings. The van der Waals surface area contributed by atoms with Gasteiger partial charge in [0.15, 0.2) is 0 Å². The normalized spacial score (nSPS) is 21.2. The lowest BCUT2D eigenvalue weighted by molar-refractivity contribution is -0.138. The quantitative estimate of drug-likeness (QED) is 0.856. The molecule has 3 N–H and O–H groups in total. The summed E-state index contributed by atoms with van der Waals surface area (Å²) < 4.78 is 38.6. The lowest BCUT2D eigenvalue weighted by Crippen LogP contribution is -2.47. The van der Waals surface area contributed by atoms with E-state index < -0.39 is 17.2 Å². The molecule has 0 spiro atoms. The number of carbonyl (C=O) groups is 1. The highest BCUT2D eigenvalue weighted by Gasteiger charge is 2.37. The van der Waals surface area contributed by atoms with Gasteiger partial charge in [0, 0.05) is 6.04 Å². The van der Waals surface area contributed by atoms with Crippen molar-refractivity contribution in [3.63, 3.8) is 0 Å². The molecule has 0 radical (unpaired) electrons. The summed E-state index contributed by atoms with van der Waals surface area (Å²) in [5, 5.41) is 2.98. The van der Waals surface area contributed by atoms with Crippen molar-refractivity contribution in [1.82, 2.24) is 5.32 Å². The number of rotatable bonds is 4. The maximum atomic E-state index is 12.9. The smallest absolute Gasteiger partial charge is 0.352 e. The molecule has 0 saturated heterocycles. The minimum absolute atomic E-state index is 0. The minimum Gasteiger partial charge on any atom is -0.352 e. The van der Waals surface area contributed by atoms with Crippen molar-refractivity contribution in [2.45, 2.75) is 50.7 Å². The van der Waals surface area contributed by atoms with E-state index in [1.165, 1.54) is 6.07 Å². The average molecular weight is 365 g/mol. The van der Waals surface area contributed by atoms with Crippen LogP contribution >= 0.6 is 12.4 Å². The molecule has 136 valence electrons. The second-order valence-electron chi connectivity index (χ2n) is 6.71. The van der Waals surface area contributed by atoms with Crippen LogP contribution in [0, 0.1) is 5.92 Å². The molecule has 2 rings (SSSR count). The first-order valence-corrected chi connectivity index (χ1v) is 7.85. The summed E-state index contributed by atoms with van der Waals surface area (Å²) in [4.78, 5) is 12.6. The summed E-state index contributed by atoms with van der Waals surface area (Å²) in [5.74, 6) is -0.0153. The van der Waals surface area contributed by atoms with Crippen LogP contribution in [0.15, 0.2) is 24.3 Å². The van der Waals surface area contributed by atoms with Gasteiger partial charge in [-0.15, -0.1) is 12.4 Å². The Balaban J connectivity index is 0.00000288. The van der Waals surface area contributed by atoms with E-state index in [1.54, 1.807) is 19.9 Å². The van der Waals surface area contributed by atoms with Gasteiger partial charge in [-0.25, -0.2) is 0 Å². The number of amides is 1. The highest BCUT2D eigenvalue weighted by atomic mass is 35.5. The third-order valence-corrected chi connectivity index (χ3v) is 4.76. The standard InChI is InChI=1S/C17H23F3N2O.ClH/c1-16(2,12-6-4-7-13(9-12)17(18,19)20)15(23)22-14-8-3-5-11(14)10-21;/h4,6-7,9,11,14H,3,5,8,10,21H2,1-2H3,(H,22,23);1H. The molecular formula is C17H24ClF3N2O. The molecule has 24 heavy (non-hydrogen) atoms. The maximum Gasteiger partial charge on any atom is 0.416 e. The van der Waals surface area contributed by atoms with E-state index in [2.05, 4.69) is 5.32 Å². The highest BCUT2D eigenvalue weighted by Crippen LogP contribution is 2.33. The molecule has 1 amide bonds. The van der Waals surface area contributed by atoms with Crippen molar-refractivity contribution in [2.24, 2.45) is 11.7 Å². The number of hydrogen-bond acceptors (Lipinski definition) is 2. The molecule has 0 aliphatic heterocycles. The van der Waals surface area contributed by atoms with Gasteiger partial charge in [-0.3, -0.25) is 4.79 Å². The Hall–Kier alpha value is -1.27. The molecule has 1 saturated carbocycles. The fourth-order valence-electron chi connectivity index (χ4n) is 3.07. The zero-order valence-corrected chi connectivity index (χ0v) is 14.6. The van der Waals surface area contributed by atoms with E-state index in [0.29, 0.717) is 12.1 Å². The number of benzene rings is 1. The van der Waals surface area contributed by atoms with E-state index >= 15 is 0 Å². The molecular weight excluding hydrogens is 341 g/mol. The van der Waals surface area contributed by atoms with Gasteiger partial charge in [0.1, 0.15) is 0 Å². The summed E-state index contributed by atoms with van der Waals surface area (Å²) in [6.45, 7) is 3.80. The lowest BCUT2D eigenvalue weighted by atomic mass is 9.82. The molecule has 7 heteroatoms. The van der Waals surface area contributed by atoms with Crippen molar-refractivity contribution >= 4 is 18.3 Å². The second kappa shape index (κ2) is 7.74. The van der Waals surface area contributed by atoms with Crippen LogP contribution in [0.5, 0.6) is 0 Å². The average Bonchev–Trinajstić information content (AvgIpc) is 2.93. The summed E-state index contributed by atoms with van der Waals surface area (Å²) >= 11 is 0. The van der Waals surface area contributed by atoms with Crippen LogP contribution < -0.4 is 11.1 Å². The molecule has 0 bridgehead atoms. The molecule has 2 unspecified atom stereocenters. The Kier molecular flexibility index (Phi) is 6.70. The number of alkyl halides is 3. The predicted molar refractivity (Wildman–Crippen MR) is 90.0 cm³/mol. The Bertz CT molecular complexity index is 575. The third kappa shape index (κ3) is 4.42. The van der Waals surface area contributed by atoms with Crippen LogP contribution in [-0.4, -0.2) is 18.5 Å². The van der Waals surface area contributed by atoms with Gasteiger partial charge >= 0.3 is 6.18 Å². The van der Waals surface area contributed by atoms with Crippen molar-refractivity contribution < 1.29 is 18.0 Å². The van der Waals surface area contributed by atoms with E-state index in [4.69, 9.17) is 5.73 Å². The summed E-state index contributed by atoms with van der Waals surface area (Å²) in [6, 6.07) is 4.97. The van der Waals surface area contributed by atoms with Crippen molar-refractivity contribution in [3.05, 3.63) is 35.4 Å². The van der Waals surface area contributed by atoms with E-state index in [1.807, 2.05) is 0 Å². The van der Waals surface area contributed by atoms with Crippen LogP contribution in [0.4, 0.5) is 13.2 Å². The SMILES string of the molecule is CC(C)(C(=O)NC1CCCC1CN)c1cccc(C(F)(F)F)c1.Cl. The first-order valence-electron chi connectivity index (χ1n) is 7.85. The summed E-state index contributed by atoms with van der Waals surface area (Å²) in [7, 11) is 0. The number of hydrogen-bond donors (Lipinski definition) is 2. The monoisotopic (exact) mass is 364 g/mol. The van der Waals surface area contributed by atoms with E-state index in [-0.39, 0.29) is 30.3 Å². The molecule has 1 aromatic carbocycles. The third-order valence-electron chi connectivity index (χ3n) is 4.76. The lowest BCUT2D eigenvalue weighted by Gasteiger charge is -2.29. The Morgan fingerprint density at radius 1 is 1.25 bits per heavy atom. The van der Waals surface area contributed by atoms with Crippen LogP contribution in [0.2, 0.25) is 0 Å². The van der Waals surface area contributed by atoms with Gasteiger partial charge in [-0.05, 0) is 50.8 Å². The molecule has 2 atom stereocenters. The Morgan fingerprint density at radius 3 is 2.46 bits per heavy atom. The van der Waals surface area contributed by atoms with Crippen LogP contribution in [0.3, 0.4) is 0 Å². The first-order chi connectivity index (χ1) is 10.7. The second-order valence-corrected chi connectivity index (χ2v) is 6.71. The largest absolute Gasteiger partial charge is 0.416 e. The van der Waals surface area contributed by atoms with E-state index in [9.17, 15) is 18.0 Å². The maximum absolute atomic E-state index is 12.9. The number of carbonyl (C=O) groups excluding carboxylic acids is 1. The molecule has 3 nitrogen and oxygen atoms in total. The number of nitrogens with two attached hydrogens (primary N) is 1. The molecule has 0 heterocycles. The first kappa shape index (κ1) is 20.8. The van der Waals surface area contributed by atoms with Gasteiger partial charge in [-0.1, -0.05) is 24.6 Å². The van der Waals surface area contributed by atoms with Crippen molar-refractivity contribution in [1.29, 1.82) is 0 Å². The molecule has 1 fully saturated rings. The molecule has 1 aromatic rings. The van der Waals surface area contributed by atoms with Gasteiger partial charge in [0.05, 0.1) is 11.0 Å². The summed E-state index contributed by atoms with van der Waals surface area (Å²) in [5.41, 5.74) is 4.29. The topological polar surface area (TPSA) is 55.1 Å². The van der Waals surface area contributed by atoms with E-state index in [0.717, 1.165) is 31.4 Å². The summed E-state index contributed by atoms with van der Waals surface area (Å²) in [6.07, 6.45) is -1.56. The fraction of sp³-hybridized carbons (Fsp3) is 0.588.